The number of fused-ring (bicyclic) bond motifs is 3. The van der Waals surface area contributed by atoms with Gasteiger partial charge in [0.15, 0.2) is 0 Å². The van der Waals surface area contributed by atoms with E-state index in [-0.39, 0.29) is 45.5 Å². The number of ketones is 2. The van der Waals surface area contributed by atoms with Crippen molar-refractivity contribution in [2.75, 3.05) is 52.4 Å². The lowest BCUT2D eigenvalue weighted by atomic mass is 10.0. The average Bonchev–Trinajstić information content (AvgIpc) is 2.70. The first-order valence-corrected chi connectivity index (χ1v) is 11.3. The largest absolute Gasteiger partial charge is 1.00 e. The SMILES string of the molecule is O=C(C[N+]12CC[N+](CC(=O)c3ccc(Br)cc3)(CC1)CC2)c1ccc(Br)cc1.[Br-].[Br-]. The number of nitrogens with zero attached hydrogens (tertiary/aromatic N) is 2. The van der Waals surface area contributed by atoms with Gasteiger partial charge in [-0.3, -0.25) is 9.59 Å². The van der Waals surface area contributed by atoms with Crippen LogP contribution >= 0.6 is 31.9 Å². The predicted molar refractivity (Wildman–Crippen MR) is 116 cm³/mol. The Labute approximate surface area is 215 Å². The summed E-state index contributed by atoms with van der Waals surface area (Å²) in [5.41, 5.74) is 1.58. The van der Waals surface area contributed by atoms with Gasteiger partial charge in [0.05, 0.1) is 0 Å². The van der Waals surface area contributed by atoms with E-state index in [0.717, 1.165) is 68.3 Å². The van der Waals surface area contributed by atoms with Crippen LogP contribution in [-0.2, 0) is 0 Å². The molecule has 30 heavy (non-hydrogen) atoms. The molecular weight excluding hydrogens is 644 g/mol. The zero-order valence-corrected chi connectivity index (χ0v) is 22.8. The van der Waals surface area contributed by atoms with E-state index in [1.165, 1.54) is 0 Å². The number of carbonyl (C=O) groups excluding carboxylic acids is 2. The normalized spacial score (nSPS) is 24.5. The van der Waals surface area contributed by atoms with E-state index in [2.05, 4.69) is 31.9 Å². The molecule has 2 aromatic carbocycles. The number of quaternary nitrogens is 2. The van der Waals surface area contributed by atoms with Gasteiger partial charge in [-0.25, -0.2) is 0 Å². The van der Waals surface area contributed by atoms with Crippen molar-refractivity contribution in [3.05, 3.63) is 68.6 Å². The third kappa shape index (κ3) is 5.70. The predicted octanol–water partition coefficient (Wildman–Crippen LogP) is -2.05. The van der Waals surface area contributed by atoms with Gasteiger partial charge in [-0.2, -0.15) is 0 Å². The van der Waals surface area contributed by atoms with E-state index in [1.807, 2.05) is 48.5 Å². The highest BCUT2D eigenvalue weighted by Gasteiger charge is 2.50. The lowest BCUT2D eigenvalue weighted by Gasteiger charge is -2.55. The van der Waals surface area contributed by atoms with Crippen LogP contribution in [0.1, 0.15) is 20.7 Å². The van der Waals surface area contributed by atoms with Crippen LogP contribution in [0.15, 0.2) is 57.5 Å². The maximum absolute atomic E-state index is 12.8. The molecule has 3 fully saturated rings. The number of hydrogen-bond acceptors (Lipinski definition) is 2. The highest BCUT2D eigenvalue weighted by atomic mass is 79.9. The van der Waals surface area contributed by atoms with Crippen LogP contribution in [0.4, 0.5) is 0 Å². The summed E-state index contributed by atoms with van der Waals surface area (Å²) in [5.74, 6) is 0.445. The Morgan fingerprint density at radius 2 is 0.867 bits per heavy atom. The molecule has 5 rings (SSSR count). The minimum atomic E-state index is 0. The van der Waals surface area contributed by atoms with Crippen LogP contribution < -0.4 is 34.0 Å². The van der Waals surface area contributed by atoms with Gasteiger partial charge in [0.2, 0.25) is 11.6 Å². The standard InChI is InChI=1S/C22H24Br2N2O2.2BrH/c23-19-5-1-17(2-6-19)21(27)15-25-9-12-26(13-10-25,14-11-25)16-22(28)18-3-7-20(24)8-4-18;;/h1-8H,9-16H2;2*1H/q+2;;/p-2. The highest BCUT2D eigenvalue weighted by molar-refractivity contribution is 9.10. The van der Waals surface area contributed by atoms with Gasteiger partial charge in [-0.1, -0.05) is 56.1 Å². The maximum atomic E-state index is 12.8. The summed E-state index contributed by atoms with van der Waals surface area (Å²) in [7, 11) is 0. The Morgan fingerprint density at radius 3 is 1.13 bits per heavy atom. The zero-order valence-electron chi connectivity index (χ0n) is 16.5. The van der Waals surface area contributed by atoms with E-state index in [1.54, 1.807) is 0 Å². The third-order valence-electron chi connectivity index (χ3n) is 6.44. The van der Waals surface area contributed by atoms with E-state index < -0.39 is 0 Å². The van der Waals surface area contributed by atoms with Crippen molar-refractivity contribution < 1.29 is 52.5 Å². The van der Waals surface area contributed by atoms with Crippen molar-refractivity contribution in [3.8, 4) is 0 Å². The molecule has 3 saturated heterocycles. The van der Waals surface area contributed by atoms with Crippen LogP contribution in [0, 0.1) is 0 Å². The second-order valence-corrected chi connectivity index (χ2v) is 10.0. The number of rotatable bonds is 6. The summed E-state index contributed by atoms with van der Waals surface area (Å²) in [5, 5.41) is 0. The topological polar surface area (TPSA) is 34.1 Å². The van der Waals surface area contributed by atoms with Crippen LogP contribution in [0.25, 0.3) is 0 Å². The highest BCUT2D eigenvalue weighted by Crippen LogP contribution is 2.28. The smallest absolute Gasteiger partial charge is 0.216 e. The number of hydrogen-bond donors (Lipinski definition) is 0. The van der Waals surface area contributed by atoms with Crippen LogP contribution in [0.5, 0.6) is 0 Å². The molecule has 0 aliphatic carbocycles. The van der Waals surface area contributed by atoms with Crippen molar-refractivity contribution in [3.63, 3.8) is 0 Å². The maximum Gasteiger partial charge on any atom is 0.216 e. The van der Waals surface area contributed by atoms with Crippen molar-refractivity contribution in [2.24, 2.45) is 0 Å². The molecule has 0 radical (unpaired) electrons. The van der Waals surface area contributed by atoms with Crippen LogP contribution in [0.3, 0.4) is 0 Å². The van der Waals surface area contributed by atoms with Gasteiger partial charge in [0, 0.05) is 20.1 Å². The van der Waals surface area contributed by atoms with E-state index in [9.17, 15) is 9.59 Å². The molecule has 2 aromatic rings. The number of benzene rings is 2. The van der Waals surface area contributed by atoms with Gasteiger partial charge in [0.25, 0.3) is 0 Å². The molecule has 0 unspecified atom stereocenters. The molecule has 3 heterocycles. The van der Waals surface area contributed by atoms with Crippen molar-refractivity contribution in [2.45, 2.75) is 0 Å². The Bertz CT molecular complexity index is 800. The minimum absolute atomic E-state index is 0. The molecule has 3 aliphatic rings. The Kier molecular flexibility index (Phi) is 9.05. The lowest BCUT2D eigenvalue weighted by Crippen LogP contribution is -3.00. The van der Waals surface area contributed by atoms with Gasteiger partial charge >= 0.3 is 0 Å². The molecular formula is C22H24Br4N2O2. The summed E-state index contributed by atoms with van der Waals surface area (Å²) in [6.07, 6.45) is 0. The van der Waals surface area contributed by atoms with Gasteiger partial charge in [-0.05, 0) is 24.3 Å². The molecule has 2 bridgehead atoms. The summed E-state index contributed by atoms with van der Waals surface area (Å²) in [6.45, 7) is 7.04. The Balaban J connectivity index is 0.00000160. The molecule has 8 heteroatoms. The summed E-state index contributed by atoms with van der Waals surface area (Å²) in [6, 6.07) is 15.3. The average molecular weight is 668 g/mol. The fourth-order valence-electron chi connectivity index (χ4n) is 4.48. The second-order valence-electron chi connectivity index (χ2n) is 8.20. The molecule has 0 N–H and O–H groups in total. The Hall–Kier alpha value is -0.380. The first-order chi connectivity index (χ1) is 13.4. The number of halogens is 4. The molecule has 0 saturated carbocycles. The number of piperazine rings is 3. The molecule has 0 amide bonds. The first-order valence-electron chi connectivity index (χ1n) is 9.67. The van der Waals surface area contributed by atoms with E-state index in [4.69, 9.17) is 0 Å². The van der Waals surface area contributed by atoms with Crippen molar-refractivity contribution >= 4 is 43.4 Å². The van der Waals surface area contributed by atoms with Crippen molar-refractivity contribution in [1.29, 1.82) is 0 Å². The summed E-state index contributed by atoms with van der Waals surface area (Å²) in [4.78, 5) is 25.6. The molecule has 0 atom stereocenters. The molecule has 4 nitrogen and oxygen atoms in total. The molecule has 0 spiro atoms. The minimum Gasteiger partial charge on any atom is -1.00 e. The van der Waals surface area contributed by atoms with E-state index >= 15 is 0 Å². The molecule has 3 aliphatic heterocycles. The molecule has 162 valence electrons. The van der Waals surface area contributed by atoms with Crippen LogP contribution in [-0.4, -0.2) is 72.9 Å². The Morgan fingerprint density at radius 1 is 0.600 bits per heavy atom. The third-order valence-corrected chi connectivity index (χ3v) is 7.49. The van der Waals surface area contributed by atoms with Gasteiger partial charge in [0.1, 0.15) is 52.4 Å². The monoisotopic (exact) mass is 664 g/mol. The number of Topliss-reactive ketones (excluding diaryl/α,β-unsaturated/α-hetero) is 2. The van der Waals surface area contributed by atoms with Crippen LogP contribution in [0.2, 0.25) is 0 Å². The summed E-state index contributed by atoms with van der Waals surface area (Å²) >= 11 is 6.84. The van der Waals surface area contributed by atoms with Crippen molar-refractivity contribution in [1.82, 2.24) is 0 Å². The van der Waals surface area contributed by atoms with E-state index in [0.29, 0.717) is 13.1 Å². The fourth-order valence-corrected chi connectivity index (χ4v) is 5.01. The van der Waals surface area contributed by atoms with Gasteiger partial charge in [-0.15, -0.1) is 0 Å². The fraction of sp³-hybridized carbons (Fsp3) is 0.364. The lowest BCUT2D eigenvalue weighted by molar-refractivity contribution is -1.07. The number of carbonyl (C=O) groups is 2. The quantitative estimate of drug-likeness (QED) is 0.263. The first kappa shape index (κ1) is 25.9. The van der Waals surface area contributed by atoms with Gasteiger partial charge < -0.3 is 42.9 Å². The zero-order chi connectivity index (χ0) is 19.8. The summed E-state index contributed by atoms with van der Waals surface area (Å²) < 4.78 is 3.73. The second kappa shape index (κ2) is 10.5. The molecule has 0 aromatic heterocycles.